The molecule has 0 spiro atoms. The molecule has 6 nitrogen and oxygen atoms in total. The van der Waals surface area contributed by atoms with Gasteiger partial charge in [0.15, 0.2) is 0 Å². The molecule has 7 heteroatoms. The lowest BCUT2D eigenvalue weighted by Gasteiger charge is -2.14. The van der Waals surface area contributed by atoms with Crippen molar-refractivity contribution in [1.29, 1.82) is 0 Å². The minimum atomic E-state index is -3.46. The Hall–Kier alpha value is -2.80. The van der Waals surface area contributed by atoms with Crippen molar-refractivity contribution in [2.45, 2.75) is 13.5 Å². The maximum Gasteiger partial charge on any atom is 0.258 e. The normalized spacial score (nSPS) is 11.5. The van der Waals surface area contributed by atoms with E-state index in [0.717, 1.165) is 22.8 Å². The highest BCUT2D eigenvalue weighted by Crippen LogP contribution is 2.33. The van der Waals surface area contributed by atoms with Crippen LogP contribution in [0.3, 0.4) is 0 Å². The van der Waals surface area contributed by atoms with Crippen LogP contribution in [0.25, 0.3) is 21.9 Å². The molecule has 2 aromatic carbocycles. The van der Waals surface area contributed by atoms with Crippen LogP contribution in [0.4, 0.5) is 5.69 Å². The number of sulfonamides is 1. The summed E-state index contributed by atoms with van der Waals surface area (Å²) in [7, 11) is -1.97. The minimum absolute atomic E-state index is 0.0464. The summed E-state index contributed by atoms with van der Waals surface area (Å²) in [5, 5.41) is 1.44. The highest BCUT2D eigenvalue weighted by atomic mass is 32.2. The number of hydrogen-bond donors (Lipinski definition) is 1. The van der Waals surface area contributed by atoms with E-state index in [2.05, 4.69) is 4.72 Å². The van der Waals surface area contributed by atoms with Crippen LogP contribution >= 0.6 is 0 Å². The average molecular weight is 372 g/mol. The van der Waals surface area contributed by atoms with Crippen LogP contribution in [-0.4, -0.2) is 26.4 Å². The summed E-state index contributed by atoms with van der Waals surface area (Å²) >= 11 is 0. The van der Waals surface area contributed by atoms with Gasteiger partial charge in [-0.1, -0.05) is 24.3 Å². The average Bonchev–Trinajstić information content (AvgIpc) is 2.61. The first-order chi connectivity index (χ1) is 12.3. The molecular formula is C19H20N2O4S. The predicted molar refractivity (Wildman–Crippen MR) is 104 cm³/mol. The Labute approximate surface area is 152 Å². The van der Waals surface area contributed by atoms with Gasteiger partial charge in [0.1, 0.15) is 5.75 Å². The number of methoxy groups -OCH3 is 1. The molecule has 0 radical (unpaired) electrons. The second-order valence-electron chi connectivity index (χ2n) is 5.97. The smallest absolute Gasteiger partial charge is 0.258 e. The third kappa shape index (κ3) is 3.43. The minimum Gasteiger partial charge on any atom is -0.495 e. The van der Waals surface area contributed by atoms with E-state index in [1.807, 2.05) is 31.2 Å². The van der Waals surface area contributed by atoms with Gasteiger partial charge >= 0.3 is 0 Å². The number of nitrogens with one attached hydrogen (secondary N) is 1. The third-order valence-electron chi connectivity index (χ3n) is 4.14. The summed E-state index contributed by atoms with van der Waals surface area (Å²) in [6.07, 6.45) is 2.89. The summed E-state index contributed by atoms with van der Waals surface area (Å²) in [4.78, 5) is 12.5. The molecular weight excluding hydrogens is 352 g/mol. The summed E-state index contributed by atoms with van der Waals surface area (Å²) in [5.41, 5.74) is 1.94. The van der Waals surface area contributed by atoms with Crippen molar-refractivity contribution in [2.75, 3.05) is 18.1 Å². The number of aryl methyl sites for hydroxylation is 1. The maximum absolute atomic E-state index is 12.5. The van der Waals surface area contributed by atoms with Crippen LogP contribution in [0.15, 0.2) is 53.5 Å². The molecule has 0 atom stereocenters. The molecule has 0 aliphatic heterocycles. The summed E-state index contributed by atoms with van der Waals surface area (Å²) in [6, 6.07) is 12.7. The third-order valence-corrected chi connectivity index (χ3v) is 4.73. The van der Waals surface area contributed by atoms with Crippen LogP contribution in [0, 0.1) is 0 Å². The van der Waals surface area contributed by atoms with Gasteiger partial charge in [0.2, 0.25) is 10.0 Å². The number of aromatic nitrogens is 1. The standard InChI is InChI=1S/C19H20N2O4S/c1-4-21-12-16(14-7-5-6-8-15(14)19(21)22)13-9-10-18(25-2)17(11-13)20-26(3,23)24/h5-12,20H,4H2,1-3H3. The second kappa shape index (κ2) is 6.84. The van der Waals surface area contributed by atoms with Gasteiger partial charge in [-0.05, 0) is 36.1 Å². The number of nitrogens with zero attached hydrogens (tertiary/aromatic N) is 1. The number of ether oxygens (including phenoxy) is 1. The van der Waals surface area contributed by atoms with Crippen LogP contribution in [0.2, 0.25) is 0 Å². The summed E-state index contributed by atoms with van der Waals surface area (Å²) < 4.78 is 32.7. The fourth-order valence-corrected chi connectivity index (χ4v) is 3.52. The molecule has 0 unspecified atom stereocenters. The Morgan fingerprint density at radius 3 is 2.42 bits per heavy atom. The monoisotopic (exact) mass is 372 g/mol. The number of pyridine rings is 1. The van der Waals surface area contributed by atoms with E-state index in [1.54, 1.807) is 29.0 Å². The van der Waals surface area contributed by atoms with Crippen LogP contribution < -0.4 is 15.0 Å². The van der Waals surface area contributed by atoms with Crippen molar-refractivity contribution < 1.29 is 13.2 Å². The lowest BCUT2D eigenvalue weighted by molar-refractivity contribution is 0.417. The van der Waals surface area contributed by atoms with E-state index < -0.39 is 10.0 Å². The van der Waals surface area contributed by atoms with Gasteiger partial charge in [0, 0.05) is 23.7 Å². The molecule has 3 aromatic rings. The fraction of sp³-hybridized carbons (Fsp3) is 0.211. The molecule has 0 aliphatic carbocycles. The highest BCUT2D eigenvalue weighted by molar-refractivity contribution is 7.92. The van der Waals surface area contributed by atoms with Gasteiger partial charge in [-0.3, -0.25) is 9.52 Å². The zero-order valence-electron chi connectivity index (χ0n) is 14.8. The van der Waals surface area contributed by atoms with Crippen molar-refractivity contribution in [3.63, 3.8) is 0 Å². The van der Waals surface area contributed by atoms with Gasteiger partial charge in [-0.2, -0.15) is 0 Å². The van der Waals surface area contributed by atoms with E-state index in [4.69, 9.17) is 4.74 Å². The lowest BCUT2D eigenvalue weighted by Crippen LogP contribution is -2.19. The number of rotatable bonds is 5. The molecule has 1 N–H and O–H groups in total. The Morgan fingerprint density at radius 1 is 1.12 bits per heavy atom. The van der Waals surface area contributed by atoms with Gasteiger partial charge in [0.25, 0.3) is 5.56 Å². The van der Waals surface area contributed by atoms with E-state index in [-0.39, 0.29) is 5.56 Å². The number of benzene rings is 2. The predicted octanol–water partition coefficient (Wildman–Crippen LogP) is 3.07. The van der Waals surface area contributed by atoms with Crippen LogP contribution in [0.1, 0.15) is 6.92 Å². The van der Waals surface area contributed by atoms with Gasteiger partial charge in [-0.15, -0.1) is 0 Å². The first-order valence-corrected chi connectivity index (χ1v) is 10.0. The number of fused-ring (bicyclic) bond motifs is 1. The Kier molecular flexibility index (Phi) is 4.73. The van der Waals surface area contributed by atoms with Gasteiger partial charge < -0.3 is 9.30 Å². The van der Waals surface area contributed by atoms with E-state index in [0.29, 0.717) is 23.4 Å². The van der Waals surface area contributed by atoms with Crippen molar-refractivity contribution in [3.8, 4) is 16.9 Å². The van der Waals surface area contributed by atoms with Crippen molar-refractivity contribution in [2.24, 2.45) is 0 Å². The molecule has 3 rings (SSSR count). The van der Waals surface area contributed by atoms with Crippen LogP contribution in [0.5, 0.6) is 5.75 Å². The van der Waals surface area contributed by atoms with E-state index in [9.17, 15) is 13.2 Å². The highest BCUT2D eigenvalue weighted by Gasteiger charge is 2.14. The quantitative estimate of drug-likeness (QED) is 0.747. The SMILES string of the molecule is CCn1cc(-c2ccc(OC)c(NS(C)(=O)=O)c2)c2ccccc2c1=O. The topological polar surface area (TPSA) is 77.4 Å². The van der Waals surface area contributed by atoms with Gasteiger partial charge in [0.05, 0.1) is 19.1 Å². The summed E-state index contributed by atoms with van der Waals surface area (Å²) in [5.74, 6) is 0.423. The first-order valence-electron chi connectivity index (χ1n) is 8.12. The van der Waals surface area contributed by atoms with E-state index >= 15 is 0 Å². The molecule has 0 saturated carbocycles. The molecule has 1 aromatic heterocycles. The molecule has 0 fully saturated rings. The Balaban J connectivity index is 2.29. The first kappa shape index (κ1) is 18.0. The van der Waals surface area contributed by atoms with Crippen molar-refractivity contribution >= 4 is 26.5 Å². The van der Waals surface area contributed by atoms with Crippen LogP contribution in [-0.2, 0) is 16.6 Å². The summed E-state index contributed by atoms with van der Waals surface area (Å²) in [6.45, 7) is 2.45. The Morgan fingerprint density at radius 2 is 1.81 bits per heavy atom. The second-order valence-corrected chi connectivity index (χ2v) is 7.72. The molecule has 136 valence electrons. The van der Waals surface area contributed by atoms with Gasteiger partial charge in [-0.25, -0.2) is 8.42 Å². The lowest BCUT2D eigenvalue weighted by atomic mass is 10.00. The molecule has 0 amide bonds. The number of hydrogen-bond acceptors (Lipinski definition) is 4. The Bertz CT molecular complexity index is 1130. The fourth-order valence-electron chi connectivity index (χ4n) is 2.96. The molecule has 26 heavy (non-hydrogen) atoms. The number of anilines is 1. The maximum atomic E-state index is 12.5. The van der Waals surface area contributed by atoms with Crippen molar-refractivity contribution in [3.05, 3.63) is 59.0 Å². The van der Waals surface area contributed by atoms with Crippen molar-refractivity contribution in [1.82, 2.24) is 4.57 Å². The molecule has 0 bridgehead atoms. The zero-order valence-corrected chi connectivity index (χ0v) is 15.6. The molecule has 1 heterocycles. The largest absolute Gasteiger partial charge is 0.495 e. The van der Waals surface area contributed by atoms with E-state index in [1.165, 1.54) is 7.11 Å². The molecule has 0 saturated heterocycles. The molecule has 0 aliphatic rings. The zero-order chi connectivity index (χ0) is 18.9.